The van der Waals surface area contributed by atoms with Crippen molar-refractivity contribution in [3.8, 4) is 0 Å². The zero-order valence-corrected chi connectivity index (χ0v) is 16.8. The van der Waals surface area contributed by atoms with Crippen LogP contribution in [0.25, 0.3) is 0 Å². The van der Waals surface area contributed by atoms with Crippen molar-refractivity contribution in [2.75, 3.05) is 19.8 Å². The van der Waals surface area contributed by atoms with Crippen LogP contribution in [-0.2, 0) is 9.30 Å². The number of hydrogen-bond donors (Lipinski definition) is 4. The Morgan fingerprint density at radius 2 is 1.30 bits per heavy atom. The second kappa shape index (κ2) is 20.7. The van der Waals surface area contributed by atoms with Gasteiger partial charge >= 0.3 is 59.2 Å². The first-order valence-corrected chi connectivity index (χ1v) is 8.45. The Kier molecular flexibility index (Phi) is 27.4. The molecule has 0 aliphatic rings. The minimum atomic E-state index is -4.64. The molecule has 8 heteroatoms. The summed E-state index contributed by atoms with van der Waals surface area (Å²) < 4.78 is 14.1. The Morgan fingerprint density at radius 3 is 1.70 bits per heavy atom. The molecule has 0 heterocycles. The van der Waals surface area contributed by atoms with Crippen LogP contribution < -0.4 is 51.4 Å². The van der Waals surface area contributed by atoms with Gasteiger partial charge in [0.05, 0.1) is 13.2 Å². The molecular formula is C12H30KO6P. The maximum Gasteiger partial charge on any atom is 1.00 e. The first kappa shape index (κ1) is 26.6. The first-order chi connectivity index (χ1) is 8.91. The Bertz CT molecular complexity index is 198. The van der Waals surface area contributed by atoms with Crippen molar-refractivity contribution in [1.29, 1.82) is 0 Å². The predicted octanol–water partition coefficient (Wildman–Crippen LogP) is -0.676. The largest absolute Gasteiger partial charge is 1.00 e. The summed E-state index contributed by atoms with van der Waals surface area (Å²) in [5.41, 5.74) is 0. The van der Waals surface area contributed by atoms with E-state index in [1.165, 1.54) is 44.9 Å². The minimum absolute atomic E-state index is 0. The van der Waals surface area contributed by atoms with Crippen LogP contribution in [0.5, 0.6) is 0 Å². The average Bonchev–Trinajstić information content (AvgIpc) is 2.29. The van der Waals surface area contributed by atoms with Gasteiger partial charge in [0, 0.05) is 6.61 Å². The minimum Gasteiger partial charge on any atom is -1.00 e. The molecule has 0 aliphatic heterocycles. The van der Waals surface area contributed by atoms with Crippen molar-refractivity contribution in [3.05, 3.63) is 0 Å². The summed E-state index contributed by atoms with van der Waals surface area (Å²) >= 11 is 0. The van der Waals surface area contributed by atoms with Gasteiger partial charge in [-0.15, -0.1) is 0 Å². The molecule has 0 aromatic heterocycles. The van der Waals surface area contributed by atoms with Crippen molar-refractivity contribution >= 4 is 7.82 Å². The van der Waals surface area contributed by atoms with Gasteiger partial charge in [-0.2, -0.15) is 0 Å². The summed E-state index contributed by atoms with van der Waals surface area (Å²) in [5.74, 6) is 0. The van der Waals surface area contributed by atoms with Crippen molar-refractivity contribution < 1.29 is 81.9 Å². The second-order valence-corrected chi connectivity index (χ2v) is 5.35. The fourth-order valence-electron chi connectivity index (χ4n) is 1.50. The van der Waals surface area contributed by atoms with Crippen molar-refractivity contribution in [2.24, 2.45) is 0 Å². The van der Waals surface area contributed by atoms with Crippen LogP contribution in [0.15, 0.2) is 0 Å². The molecule has 0 aliphatic carbocycles. The molecule has 6 nitrogen and oxygen atoms in total. The molecule has 0 unspecified atom stereocenters. The van der Waals surface area contributed by atoms with Crippen molar-refractivity contribution in [3.63, 3.8) is 0 Å². The van der Waals surface area contributed by atoms with E-state index in [4.69, 9.17) is 29.1 Å². The summed E-state index contributed by atoms with van der Waals surface area (Å²) in [5, 5.41) is 8.46. The molecule has 0 saturated carbocycles. The summed E-state index contributed by atoms with van der Waals surface area (Å²) in [7, 11) is -4.64. The van der Waals surface area contributed by atoms with E-state index in [-0.39, 0.29) is 59.4 Å². The standard InChI is InChI=1S/C12H26O2.K.H3O4P.H/c1-2-3-4-5-6-7-8-9-11-14-12-10-13;;1-5(2,3)4;/h13H,2-12H2,1H3;;(H3,1,2,3,4);/q;+1;;-1. The first-order valence-electron chi connectivity index (χ1n) is 6.88. The number of hydrogen-bond acceptors (Lipinski definition) is 3. The molecule has 0 aromatic carbocycles. The number of rotatable bonds is 11. The summed E-state index contributed by atoms with van der Waals surface area (Å²) in [6, 6.07) is 0. The monoisotopic (exact) mass is 340 g/mol. The van der Waals surface area contributed by atoms with Crippen LogP contribution in [0.1, 0.15) is 59.7 Å². The number of phosphoric acid groups is 1. The third-order valence-electron chi connectivity index (χ3n) is 2.38. The van der Waals surface area contributed by atoms with Crippen LogP contribution in [0, 0.1) is 0 Å². The number of aliphatic hydroxyl groups excluding tert-OH is 1. The van der Waals surface area contributed by atoms with Crippen molar-refractivity contribution in [1.82, 2.24) is 0 Å². The second-order valence-electron chi connectivity index (χ2n) is 4.32. The number of ether oxygens (including phenoxy) is 1. The van der Waals surface area contributed by atoms with Crippen LogP contribution in [0.4, 0.5) is 0 Å². The Balaban J connectivity index is -0.000000179. The van der Waals surface area contributed by atoms with Crippen LogP contribution in [0.3, 0.4) is 0 Å². The van der Waals surface area contributed by atoms with E-state index in [1.54, 1.807) is 0 Å². The smallest absolute Gasteiger partial charge is 1.00 e. The zero-order valence-electron chi connectivity index (χ0n) is 13.8. The summed E-state index contributed by atoms with van der Waals surface area (Å²) in [4.78, 5) is 21.6. The third-order valence-corrected chi connectivity index (χ3v) is 2.38. The van der Waals surface area contributed by atoms with E-state index >= 15 is 0 Å². The maximum absolute atomic E-state index is 8.88. The van der Waals surface area contributed by atoms with Gasteiger partial charge in [-0.05, 0) is 6.42 Å². The maximum atomic E-state index is 8.88. The Morgan fingerprint density at radius 1 is 0.900 bits per heavy atom. The van der Waals surface area contributed by atoms with E-state index in [2.05, 4.69) is 6.92 Å². The number of aliphatic hydroxyl groups is 1. The molecule has 0 rings (SSSR count). The molecule has 0 atom stereocenters. The molecule has 0 amide bonds. The van der Waals surface area contributed by atoms with E-state index < -0.39 is 7.82 Å². The van der Waals surface area contributed by atoms with Gasteiger partial charge in [-0.25, -0.2) is 4.57 Å². The zero-order chi connectivity index (χ0) is 15.0. The van der Waals surface area contributed by atoms with Gasteiger partial charge in [-0.3, -0.25) is 0 Å². The fraction of sp³-hybridized carbons (Fsp3) is 1.00. The van der Waals surface area contributed by atoms with Crippen LogP contribution in [-0.4, -0.2) is 39.6 Å². The van der Waals surface area contributed by atoms with Gasteiger partial charge in [0.25, 0.3) is 0 Å². The molecule has 0 radical (unpaired) electrons. The quantitative estimate of drug-likeness (QED) is 0.226. The van der Waals surface area contributed by atoms with E-state index in [0.29, 0.717) is 6.61 Å². The Hall–Kier alpha value is 1.67. The third kappa shape index (κ3) is 42.7. The molecule has 0 spiro atoms. The van der Waals surface area contributed by atoms with E-state index in [0.717, 1.165) is 13.0 Å². The van der Waals surface area contributed by atoms with E-state index in [1.807, 2.05) is 0 Å². The van der Waals surface area contributed by atoms with Gasteiger partial charge in [0.15, 0.2) is 0 Å². The number of unbranched alkanes of at least 4 members (excludes halogenated alkanes) is 7. The van der Waals surface area contributed by atoms with Crippen LogP contribution >= 0.6 is 7.82 Å². The van der Waals surface area contributed by atoms with Crippen molar-refractivity contribution in [2.45, 2.75) is 58.3 Å². The predicted molar refractivity (Wildman–Crippen MR) is 75.9 cm³/mol. The van der Waals surface area contributed by atoms with E-state index in [9.17, 15) is 0 Å². The molecule has 4 N–H and O–H groups in total. The molecule has 20 heavy (non-hydrogen) atoms. The fourth-order valence-corrected chi connectivity index (χ4v) is 1.50. The SMILES string of the molecule is CCCCCCCCCCOCCO.O=P(O)(O)O.[H-].[K+]. The summed E-state index contributed by atoms with van der Waals surface area (Å²) in [6.07, 6.45) is 10.6. The van der Waals surface area contributed by atoms with Gasteiger partial charge in [0.1, 0.15) is 0 Å². The summed E-state index contributed by atoms with van der Waals surface area (Å²) in [6.45, 7) is 3.71. The van der Waals surface area contributed by atoms with Gasteiger partial charge in [0.2, 0.25) is 0 Å². The topological polar surface area (TPSA) is 107 Å². The molecule has 0 saturated heterocycles. The Labute approximate surface area is 166 Å². The molecular weight excluding hydrogens is 310 g/mol. The van der Waals surface area contributed by atoms with Crippen LogP contribution in [0.2, 0.25) is 0 Å². The molecule has 120 valence electrons. The molecule has 0 aromatic rings. The average molecular weight is 340 g/mol. The normalized spacial score (nSPS) is 10.4. The molecule has 0 bridgehead atoms. The van der Waals surface area contributed by atoms with Gasteiger partial charge < -0.3 is 26.0 Å². The van der Waals surface area contributed by atoms with Gasteiger partial charge in [-0.1, -0.05) is 51.9 Å². The molecule has 0 fully saturated rings.